The minimum Gasteiger partial charge on any atom is -0.399 e. The number of carbonyl (C=O) groups is 1. The van der Waals surface area contributed by atoms with Crippen molar-refractivity contribution in [1.82, 2.24) is 5.32 Å². The van der Waals surface area contributed by atoms with Crippen LogP contribution in [0.15, 0.2) is 30.3 Å². The van der Waals surface area contributed by atoms with Gasteiger partial charge in [-0.2, -0.15) is 0 Å². The van der Waals surface area contributed by atoms with Gasteiger partial charge in [-0.25, -0.2) is 0 Å². The number of rotatable bonds is 4. The Hall–Kier alpha value is -1.81. The molecule has 3 N–H and O–H groups in total. The van der Waals surface area contributed by atoms with E-state index in [1.807, 2.05) is 24.3 Å². The summed E-state index contributed by atoms with van der Waals surface area (Å²) in [6, 6.07) is 7.63. The van der Waals surface area contributed by atoms with E-state index in [2.05, 4.69) is 12.2 Å². The van der Waals surface area contributed by atoms with E-state index in [9.17, 15) is 4.79 Å². The lowest BCUT2D eigenvalue weighted by molar-refractivity contribution is -0.117. The number of benzene rings is 1. The Labute approximate surface area is 120 Å². The third kappa shape index (κ3) is 4.38. The van der Waals surface area contributed by atoms with Crippen LogP contribution in [-0.2, 0) is 9.53 Å². The Balaban J connectivity index is 1.85. The highest BCUT2D eigenvalue weighted by atomic mass is 16.5. The zero-order chi connectivity index (χ0) is 14.4. The van der Waals surface area contributed by atoms with Gasteiger partial charge in [0.25, 0.3) is 0 Å². The Bertz CT molecular complexity index is 479. The Morgan fingerprint density at radius 2 is 2.20 bits per heavy atom. The molecular formula is C16H22N2O2. The molecular weight excluding hydrogens is 252 g/mol. The lowest BCUT2D eigenvalue weighted by atomic mass is 9.93. The average Bonchev–Trinajstić information content (AvgIpc) is 2.46. The van der Waals surface area contributed by atoms with Crippen molar-refractivity contribution < 1.29 is 9.53 Å². The van der Waals surface area contributed by atoms with Gasteiger partial charge in [-0.1, -0.05) is 12.1 Å². The lowest BCUT2D eigenvalue weighted by Crippen LogP contribution is -2.39. The van der Waals surface area contributed by atoms with Crippen LogP contribution in [0.3, 0.4) is 0 Å². The number of nitrogen functional groups attached to an aromatic ring is 1. The summed E-state index contributed by atoms with van der Waals surface area (Å²) >= 11 is 0. The van der Waals surface area contributed by atoms with E-state index in [4.69, 9.17) is 10.5 Å². The van der Waals surface area contributed by atoms with E-state index >= 15 is 0 Å². The SMILES string of the molecule is CC(NC(=O)/C=C/c1cccc(N)c1)C1CCOCC1. The van der Waals surface area contributed by atoms with Crippen molar-refractivity contribution in [1.29, 1.82) is 0 Å². The summed E-state index contributed by atoms with van der Waals surface area (Å²) in [5, 5.41) is 3.02. The van der Waals surface area contributed by atoms with Crippen LogP contribution in [0.4, 0.5) is 5.69 Å². The summed E-state index contributed by atoms with van der Waals surface area (Å²) in [6.45, 7) is 3.65. The predicted octanol–water partition coefficient (Wildman–Crippen LogP) is 2.21. The molecule has 1 aromatic rings. The number of amides is 1. The topological polar surface area (TPSA) is 64.4 Å². The van der Waals surface area contributed by atoms with Crippen LogP contribution in [0.5, 0.6) is 0 Å². The molecule has 0 radical (unpaired) electrons. The lowest BCUT2D eigenvalue weighted by Gasteiger charge is -2.27. The second-order valence-corrected chi connectivity index (χ2v) is 5.25. The third-order valence-electron chi connectivity index (χ3n) is 3.68. The predicted molar refractivity (Wildman–Crippen MR) is 81.0 cm³/mol. The molecule has 0 aliphatic carbocycles. The maximum Gasteiger partial charge on any atom is 0.244 e. The first-order valence-electron chi connectivity index (χ1n) is 7.07. The van der Waals surface area contributed by atoms with Gasteiger partial charge in [-0.05, 0) is 49.5 Å². The molecule has 0 spiro atoms. The third-order valence-corrected chi connectivity index (χ3v) is 3.68. The largest absolute Gasteiger partial charge is 0.399 e. The maximum atomic E-state index is 11.9. The molecule has 1 aliphatic heterocycles. The molecule has 20 heavy (non-hydrogen) atoms. The number of hydrogen-bond donors (Lipinski definition) is 2. The molecule has 4 heteroatoms. The Morgan fingerprint density at radius 3 is 2.90 bits per heavy atom. The summed E-state index contributed by atoms with van der Waals surface area (Å²) in [7, 11) is 0. The van der Waals surface area contributed by atoms with E-state index in [1.165, 1.54) is 0 Å². The first-order valence-corrected chi connectivity index (χ1v) is 7.07. The molecule has 1 amide bonds. The number of hydrogen-bond acceptors (Lipinski definition) is 3. The fourth-order valence-corrected chi connectivity index (χ4v) is 2.44. The average molecular weight is 274 g/mol. The number of nitrogens with one attached hydrogen (secondary N) is 1. The first-order chi connectivity index (χ1) is 9.65. The summed E-state index contributed by atoms with van der Waals surface area (Å²) < 4.78 is 5.33. The van der Waals surface area contributed by atoms with Crippen molar-refractivity contribution in [2.24, 2.45) is 5.92 Å². The van der Waals surface area contributed by atoms with Gasteiger partial charge in [-0.15, -0.1) is 0 Å². The number of anilines is 1. The molecule has 1 aromatic carbocycles. The van der Waals surface area contributed by atoms with Crippen LogP contribution in [0, 0.1) is 5.92 Å². The molecule has 1 fully saturated rings. The van der Waals surface area contributed by atoms with Gasteiger partial charge in [0.1, 0.15) is 0 Å². The maximum absolute atomic E-state index is 11.9. The number of carbonyl (C=O) groups excluding carboxylic acids is 1. The number of ether oxygens (including phenoxy) is 1. The highest BCUT2D eigenvalue weighted by Gasteiger charge is 2.20. The van der Waals surface area contributed by atoms with Crippen molar-refractivity contribution in [3.05, 3.63) is 35.9 Å². The van der Waals surface area contributed by atoms with Crippen molar-refractivity contribution >= 4 is 17.7 Å². The second-order valence-electron chi connectivity index (χ2n) is 5.25. The summed E-state index contributed by atoms with van der Waals surface area (Å²) in [6.07, 6.45) is 5.37. The van der Waals surface area contributed by atoms with Gasteiger partial charge in [0.2, 0.25) is 5.91 Å². The van der Waals surface area contributed by atoms with Crippen molar-refractivity contribution in [2.75, 3.05) is 18.9 Å². The molecule has 1 saturated heterocycles. The number of nitrogens with two attached hydrogens (primary N) is 1. The van der Waals surface area contributed by atoms with Crippen LogP contribution >= 0.6 is 0 Å². The molecule has 0 bridgehead atoms. The fraction of sp³-hybridized carbons (Fsp3) is 0.438. The zero-order valence-electron chi connectivity index (χ0n) is 11.8. The van der Waals surface area contributed by atoms with Crippen LogP contribution in [0.25, 0.3) is 6.08 Å². The zero-order valence-corrected chi connectivity index (χ0v) is 11.8. The molecule has 2 rings (SSSR count). The van der Waals surface area contributed by atoms with Crippen LogP contribution < -0.4 is 11.1 Å². The van der Waals surface area contributed by atoms with E-state index in [0.717, 1.165) is 31.6 Å². The molecule has 0 saturated carbocycles. The minimum absolute atomic E-state index is 0.0635. The second kappa shape index (κ2) is 7.10. The van der Waals surface area contributed by atoms with Crippen molar-refractivity contribution in [3.8, 4) is 0 Å². The van der Waals surface area contributed by atoms with E-state index in [0.29, 0.717) is 11.6 Å². The Morgan fingerprint density at radius 1 is 1.45 bits per heavy atom. The van der Waals surface area contributed by atoms with E-state index < -0.39 is 0 Å². The molecule has 4 nitrogen and oxygen atoms in total. The summed E-state index contributed by atoms with van der Waals surface area (Å²) in [4.78, 5) is 11.9. The van der Waals surface area contributed by atoms with Gasteiger partial charge in [-0.3, -0.25) is 4.79 Å². The summed E-state index contributed by atoms with van der Waals surface area (Å²) in [5.41, 5.74) is 7.32. The fourth-order valence-electron chi connectivity index (χ4n) is 2.44. The molecule has 0 aromatic heterocycles. The van der Waals surface area contributed by atoms with Gasteiger partial charge < -0.3 is 15.8 Å². The van der Waals surface area contributed by atoms with Gasteiger partial charge in [0, 0.05) is 31.0 Å². The Kier molecular flexibility index (Phi) is 5.18. The molecule has 1 unspecified atom stereocenters. The molecule has 1 aliphatic rings. The highest BCUT2D eigenvalue weighted by Crippen LogP contribution is 2.18. The van der Waals surface area contributed by atoms with Crippen LogP contribution in [0.1, 0.15) is 25.3 Å². The van der Waals surface area contributed by atoms with Gasteiger partial charge >= 0.3 is 0 Å². The smallest absolute Gasteiger partial charge is 0.244 e. The molecule has 108 valence electrons. The first kappa shape index (κ1) is 14.6. The molecule has 1 atom stereocenters. The van der Waals surface area contributed by atoms with E-state index in [1.54, 1.807) is 12.2 Å². The van der Waals surface area contributed by atoms with Crippen LogP contribution in [0.2, 0.25) is 0 Å². The van der Waals surface area contributed by atoms with E-state index in [-0.39, 0.29) is 11.9 Å². The minimum atomic E-state index is -0.0635. The monoisotopic (exact) mass is 274 g/mol. The normalized spacial score (nSPS) is 18.1. The standard InChI is InChI=1S/C16H22N2O2/c1-12(14-7-9-20-10-8-14)18-16(19)6-5-13-3-2-4-15(17)11-13/h2-6,11-12,14H,7-10,17H2,1H3,(H,18,19)/b6-5+. The van der Waals surface area contributed by atoms with Crippen molar-refractivity contribution in [2.45, 2.75) is 25.8 Å². The quantitative estimate of drug-likeness (QED) is 0.653. The van der Waals surface area contributed by atoms with Crippen molar-refractivity contribution in [3.63, 3.8) is 0 Å². The van der Waals surface area contributed by atoms with Gasteiger partial charge in [0.15, 0.2) is 0 Å². The highest BCUT2D eigenvalue weighted by molar-refractivity contribution is 5.92. The summed E-state index contributed by atoms with van der Waals surface area (Å²) in [5.74, 6) is 0.444. The van der Waals surface area contributed by atoms with Gasteiger partial charge in [0.05, 0.1) is 0 Å². The molecule has 1 heterocycles. The van der Waals surface area contributed by atoms with Crippen LogP contribution in [-0.4, -0.2) is 25.2 Å².